The number of aliphatic hydroxyl groups is 1. The number of carbonyl (C=O) groups excluding carboxylic acids is 1. The predicted molar refractivity (Wildman–Crippen MR) is 61.8 cm³/mol. The molecule has 2 nitrogen and oxygen atoms in total. The predicted octanol–water partition coefficient (Wildman–Crippen LogP) is 3.77. The lowest BCUT2D eigenvalue weighted by atomic mass is 9.84. The fourth-order valence-corrected chi connectivity index (χ4v) is 2.06. The molecule has 0 aromatic rings. The van der Waals surface area contributed by atoms with Crippen molar-refractivity contribution in [2.45, 2.75) is 58.8 Å². The molecular weight excluding hydrogens is 188 g/mol. The molecule has 1 unspecified atom stereocenters. The molecule has 0 spiro atoms. The molecule has 0 aliphatic heterocycles. The van der Waals surface area contributed by atoms with E-state index < -0.39 is 0 Å². The summed E-state index contributed by atoms with van der Waals surface area (Å²) in [5, 5.41) is 9.85. The van der Waals surface area contributed by atoms with Gasteiger partial charge in [-0.1, -0.05) is 26.7 Å². The third-order valence-corrected chi connectivity index (χ3v) is 3.12. The van der Waals surface area contributed by atoms with Crippen LogP contribution >= 0.6 is 0 Å². The molecule has 0 bridgehead atoms. The van der Waals surface area contributed by atoms with Crippen molar-refractivity contribution in [1.29, 1.82) is 0 Å². The quantitative estimate of drug-likeness (QED) is 0.435. The standard InChI is InChI=1S/C13H22O2/c1-3-4-5-6-12(14)11-9-10(2)7-8-13(11)15/h10,14H,3-9H2,1-2H3. The average molecular weight is 210 g/mol. The molecule has 0 heterocycles. The summed E-state index contributed by atoms with van der Waals surface area (Å²) >= 11 is 0. The van der Waals surface area contributed by atoms with Crippen LogP contribution in [0.25, 0.3) is 0 Å². The first-order chi connectivity index (χ1) is 7.15. The van der Waals surface area contributed by atoms with Gasteiger partial charge in [-0.2, -0.15) is 0 Å². The Morgan fingerprint density at radius 2 is 2.20 bits per heavy atom. The first-order valence-electron chi connectivity index (χ1n) is 6.09. The zero-order valence-electron chi connectivity index (χ0n) is 9.88. The van der Waals surface area contributed by atoms with E-state index in [0.29, 0.717) is 30.1 Å². The molecule has 0 aromatic carbocycles. The number of aliphatic hydroxyl groups excluding tert-OH is 1. The van der Waals surface area contributed by atoms with Crippen molar-refractivity contribution < 1.29 is 9.90 Å². The molecule has 1 rings (SSSR count). The zero-order valence-corrected chi connectivity index (χ0v) is 9.88. The molecule has 0 radical (unpaired) electrons. The zero-order chi connectivity index (χ0) is 11.3. The molecule has 15 heavy (non-hydrogen) atoms. The Balaban J connectivity index is 2.56. The molecule has 1 aliphatic carbocycles. The minimum atomic E-state index is 0.169. The first-order valence-corrected chi connectivity index (χ1v) is 6.09. The molecule has 1 fully saturated rings. The van der Waals surface area contributed by atoms with Crippen LogP contribution in [0.5, 0.6) is 0 Å². The molecule has 1 atom stereocenters. The summed E-state index contributed by atoms with van der Waals surface area (Å²) in [6.45, 7) is 4.28. The van der Waals surface area contributed by atoms with Gasteiger partial charge >= 0.3 is 0 Å². The van der Waals surface area contributed by atoms with Crippen LogP contribution in [0, 0.1) is 5.92 Å². The largest absolute Gasteiger partial charge is 0.512 e. The number of allylic oxidation sites excluding steroid dienone is 2. The Morgan fingerprint density at radius 1 is 1.47 bits per heavy atom. The summed E-state index contributed by atoms with van der Waals surface area (Å²) in [5.41, 5.74) is 0.713. The van der Waals surface area contributed by atoms with Crippen molar-refractivity contribution in [2.75, 3.05) is 0 Å². The van der Waals surface area contributed by atoms with Gasteiger partial charge in [0.15, 0.2) is 5.78 Å². The highest BCUT2D eigenvalue weighted by molar-refractivity contribution is 5.96. The monoisotopic (exact) mass is 210 g/mol. The molecule has 86 valence electrons. The van der Waals surface area contributed by atoms with E-state index in [9.17, 15) is 9.90 Å². The lowest BCUT2D eigenvalue weighted by molar-refractivity contribution is -0.117. The molecule has 1 saturated carbocycles. The van der Waals surface area contributed by atoms with E-state index in [-0.39, 0.29) is 5.78 Å². The molecule has 0 amide bonds. The number of Topliss-reactive ketones (excluding diaryl/α,β-unsaturated/α-hetero) is 1. The highest BCUT2D eigenvalue weighted by Crippen LogP contribution is 2.28. The second-order valence-electron chi connectivity index (χ2n) is 4.65. The van der Waals surface area contributed by atoms with Crippen molar-refractivity contribution >= 4 is 5.78 Å². The maximum absolute atomic E-state index is 11.6. The van der Waals surface area contributed by atoms with Crippen molar-refractivity contribution in [1.82, 2.24) is 0 Å². The third kappa shape index (κ3) is 3.69. The number of carbonyl (C=O) groups is 1. The normalized spacial score (nSPS) is 25.5. The van der Waals surface area contributed by atoms with Gasteiger partial charge in [0.2, 0.25) is 0 Å². The molecular formula is C13H22O2. The number of hydrogen-bond acceptors (Lipinski definition) is 2. The average Bonchev–Trinajstić information content (AvgIpc) is 2.22. The summed E-state index contributed by atoms with van der Waals surface area (Å²) in [4.78, 5) is 11.6. The van der Waals surface area contributed by atoms with Gasteiger partial charge in [0.05, 0.1) is 5.76 Å². The Hall–Kier alpha value is -0.790. The Kier molecular flexibility index (Phi) is 4.86. The number of rotatable bonds is 4. The molecule has 1 N–H and O–H groups in total. The number of unbranched alkanes of at least 4 members (excludes halogenated alkanes) is 2. The Bertz CT molecular complexity index is 253. The highest BCUT2D eigenvalue weighted by atomic mass is 16.3. The maximum atomic E-state index is 11.6. The minimum Gasteiger partial charge on any atom is -0.512 e. The van der Waals surface area contributed by atoms with E-state index in [2.05, 4.69) is 13.8 Å². The SMILES string of the molecule is CCCCCC(O)=C1CC(C)CCC1=O. The van der Waals surface area contributed by atoms with Crippen LogP contribution in [0.2, 0.25) is 0 Å². The second kappa shape index (κ2) is 5.94. The van der Waals surface area contributed by atoms with Crippen LogP contribution in [0.1, 0.15) is 58.8 Å². The van der Waals surface area contributed by atoms with Crippen LogP contribution in [-0.2, 0) is 4.79 Å². The third-order valence-electron chi connectivity index (χ3n) is 3.12. The van der Waals surface area contributed by atoms with Gasteiger partial charge in [0, 0.05) is 18.4 Å². The van der Waals surface area contributed by atoms with Gasteiger partial charge in [-0.25, -0.2) is 0 Å². The fourth-order valence-electron chi connectivity index (χ4n) is 2.06. The van der Waals surface area contributed by atoms with Gasteiger partial charge in [-0.3, -0.25) is 4.79 Å². The van der Waals surface area contributed by atoms with Crippen molar-refractivity contribution in [3.8, 4) is 0 Å². The second-order valence-corrected chi connectivity index (χ2v) is 4.65. The van der Waals surface area contributed by atoms with E-state index in [1.807, 2.05) is 0 Å². The van der Waals surface area contributed by atoms with Gasteiger partial charge in [-0.15, -0.1) is 0 Å². The van der Waals surface area contributed by atoms with Crippen LogP contribution in [0.4, 0.5) is 0 Å². The van der Waals surface area contributed by atoms with Crippen LogP contribution in [-0.4, -0.2) is 10.9 Å². The van der Waals surface area contributed by atoms with Crippen molar-refractivity contribution in [3.63, 3.8) is 0 Å². The summed E-state index contributed by atoms with van der Waals surface area (Å²) in [7, 11) is 0. The van der Waals surface area contributed by atoms with Gasteiger partial charge in [0.1, 0.15) is 0 Å². The van der Waals surface area contributed by atoms with Gasteiger partial charge in [0.25, 0.3) is 0 Å². The molecule has 2 heteroatoms. The molecule has 0 aromatic heterocycles. The first kappa shape index (κ1) is 12.3. The van der Waals surface area contributed by atoms with Gasteiger partial charge in [-0.05, 0) is 25.2 Å². The molecule has 1 aliphatic rings. The Morgan fingerprint density at radius 3 is 2.87 bits per heavy atom. The van der Waals surface area contributed by atoms with E-state index in [0.717, 1.165) is 32.1 Å². The van der Waals surface area contributed by atoms with E-state index >= 15 is 0 Å². The van der Waals surface area contributed by atoms with E-state index in [1.54, 1.807) is 0 Å². The number of ketones is 1. The topological polar surface area (TPSA) is 37.3 Å². The fraction of sp³-hybridized carbons (Fsp3) is 0.769. The molecule has 0 saturated heterocycles. The number of hydrogen-bond donors (Lipinski definition) is 1. The van der Waals surface area contributed by atoms with E-state index in [1.165, 1.54) is 0 Å². The van der Waals surface area contributed by atoms with Gasteiger partial charge < -0.3 is 5.11 Å². The Labute approximate surface area is 92.4 Å². The lowest BCUT2D eigenvalue weighted by Crippen LogP contribution is -2.16. The van der Waals surface area contributed by atoms with Crippen LogP contribution in [0.15, 0.2) is 11.3 Å². The highest BCUT2D eigenvalue weighted by Gasteiger charge is 2.23. The van der Waals surface area contributed by atoms with Crippen LogP contribution in [0.3, 0.4) is 0 Å². The van der Waals surface area contributed by atoms with Crippen molar-refractivity contribution in [2.24, 2.45) is 5.92 Å². The minimum absolute atomic E-state index is 0.169. The van der Waals surface area contributed by atoms with Crippen LogP contribution < -0.4 is 0 Å². The van der Waals surface area contributed by atoms with E-state index in [4.69, 9.17) is 0 Å². The maximum Gasteiger partial charge on any atom is 0.162 e. The lowest BCUT2D eigenvalue weighted by Gasteiger charge is -2.20. The summed E-state index contributed by atoms with van der Waals surface area (Å²) < 4.78 is 0. The van der Waals surface area contributed by atoms with Crippen molar-refractivity contribution in [3.05, 3.63) is 11.3 Å². The summed E-state index contributed by atoms with van der Waals surface area (Å²) in [5.74, 6) is 1.08. The summed E-state index contributed by atoms with van der Waals surface area (Å²) in [6, 6.07) is 0. The summed E-state index contributed by atoms with van der Waals surface area (Å²) in [6.07, 6.45) is 6.32. The smallest absolute Gasteiger partial charge is 0.162 e.